The van der Waals surface area contributed by atoms with Crippen LogP contribution in [-0.4, -0.2) is 28.1 Å². The monoisotopic (exact) mass is 362 g/mol. The number of rotatable bonds is 2. The number of ether oxygens (including phenoxy) is 2. The van der Waals surface area contributed by atoms with Crippen molar-refractivity contribution >= 4 is 52.5 Å². The lowest BCUT2D eigenvalue weighted by molar-refractivity contribution is 0.0953. The molecule has 1 aliphatic rings. The van der Waals surface area contributed by atoms with Crippen LogP contribution in [-0.2, 0) is 4.74 Å². The number of halogens is 3. The van der Waals surface area contributed by atoms with E-state index in [2.05, 4.69) is 4.74 Å². The molecule has 2 rings (SSSR count). The number of carbonyl (C=O) groups is 3. The topological polar surface area (TPSA) is 69.7 Å². The molecule has 1 aromatic carbocycles. The minimum absolute atomic E-state index is 0.00364. The van der Waals surface area contributed by atoms with E-state index in [1.165, 1.54) is 31.2 Å². The van der Waals surface area contributed by atoms with Gasteiger partial charge in [0.25, 0.3) is 0 Å². The molecule has 0 radical (unpaired) electrons. The summed E-state index contributed by atoms with van der Waals surface area (Å²) < 4.78 is 7.76. The second-order valence-electron chi connectivity index (χ2n) is 4.46. The van der Waals surface area contributed by atoms with Gasteiger partial charge in [-0.05, 0) is 19.1 Å². The molecule has 0 heterocycles. The molecule has 0 fully saturated rings. The predicted molar refractivity (Wildman–Crippen MR) is 81.1 cm³/mol. The van der Waals surface area contributed by atoms with E-state index in [-0.39, 0.29) is 22.7 Å². The predicted octanol–water partition coefficient (Wildman–Crippen LogP) is 3.90. The van der Waals surface area contributed by atoms with Gasteiger partial charge in [0.2, 0.25) is 3.79 Å². The van der Waals surface area contributed by atoms with Gasteiger partial charge in [0.15, 0.2) is 11.6 Å². The number of Topliss-reactive ketones (excluding diaryl/α,β-unsaturated/α-hetero) is 1. The maximum absolute atomic E-state index is 12.0. The Hall–Kier alpha value is -1.56. The van der Waals surface area contributed by atoms with Crippen LogP contribution < -0.4 is 4.74 Å². The van der Waals surface area contributed by atoms with E-state index >= 15 is 0 Å². The summed E-state index contributed by atoms with van der Waals surface area (Å²) in [5, 5.41) is 0. The minimum Gasteiger partial charge on any atom is -0.429 e. The van der Waals surface area contributed by atoms with Crippen molar-refractivity contribution in [2.24, 2.45) is 0 Å². The molecular weight excluding hydrogens is 355 g/mol. The molecule has 0 unspecified atom stereocenters. The molecule has 22 heavy (non-hydrogen) atoms. The lowest BCUT2D eigenvalue weighted by Crippen LogP contribution is -2.22. The second kappa shape index (κ2) is 6.28. The van der Waals surface area contributed by atoms with Crippen LogP contribution in [0.4, 0.5) is 4.79 Å². The van der Waals surface area contributed by atoms with Crippen LogP contribution in [0.2, 0.25) is 0 Å². The third kappa shape index (κ3) is 3.80. The minimum atomic E-state index is -1.78. The fourth-order valence-electron chi connectivity index (χ4n) is 1.87. The van der Waals surface area contributed by atoms with Crippen LogP contribution in [0.1, 0.15) is 27.6 Å². The molecule has 5 nitrogen and oxygen atoms in total. The first-order valence-corrected chi connectivity index (χ1v) is 7.14. The van der Waals surface area contributed by atoms with Gasteiger partial charge >= 0.3 is 6.16 Å². The summed E-state index contributed by atoms with van der Waals surface area (Å²) in [4.78, 5) is 35.6. The van der Waals surface area contributed by atoms with Gasteiger partial charge in [0.1, 0.15) is 12.4 Å². The maximum atomic E-state index is 12.0. The Balaban J connectivity index is 2.24. The molecule has 0 saturated carbocycles. The Bertz CT molecular complexity index is 688. The van der Waals surface area contributed by atoms with Gasteiger partial charge in [-0.2, -0.15) is 0 Å². The molecule has 0 N–H and O–H groups in total. The van der Waals surface area contributed by atoms with Crippen LogP contribution in [0, 0.1) is 0 Å². The molecule has 116 valence electrons. The quantitative estimate of drug-likeness (QED) is 0.453. The molecule has 0 spiro atoms. The van der Waals surface area contributed by atoms with Crippen molar-refractivity contribution in [2.45, 2.75) is 10.7 Å². The normalized spacial score (nSPS) is 14.3. The van der Waals surface area contributed by atoms with E-state index in [0.717, 1.165) is 0 Å². The van der Waals surface area contributed by atoms with E-state index in [1.807, 2.05) is 0 Å². The van der Waals surface area contributed by atoms with Crippen molar-refractivity contribution < 1.29 is 23.9 Å². The van der Waals surface area contributed by atoms with Crippen LogP contribution in [0.15, 0.2) is 29.8 Å². The van der Waals surface area contributed by atoms with Crippen molar-refractivity contribution in [1.82, 2.24) is 0 Å². The van der Waals surface area contributed by atoms with Gasteiger partial charge in [0.05, 0.1) is 5.56 Å². The van der Waals surface area contributed by atoms with Crippen molar-refractivity contribution in [1.29, 1.82) is 0 Å². The Morgan fingerprint density at radius 1 is 1.23 bits per heavy atom. The van der Waals surface area contributed by atoms with Gasteiger partial charge in [-0.3, -0.25) is 9.59 Å². The lowest BCUT2D eigenvalue weighted by Gasteiger charge is -2.16. The number of fused-ring (bicyclic) bond motifs is 1. The average Bonchev–Trinajstić information content (AvgIpc) is 2.42. The van der Waals surface area contributed by atoms with Crippen LogP contribution >= 0.6 is 34.8 Å². The Morgan fingerprint density at radius 2 is 1.91 bits per heavy atom. The van der Waals surface area contributed by atoms with Gasteiger partial charge in [-0.1, -0.05) is 46.9 Å². The Labute approximate surface area is 140 Å². The van der Waals surface area contributed by atoms with Gasteiger partial charge < -0.3 is 9.47 Å². The van der Waals surface area contributed by atoms with Gasteiger partial charge in [0, 0.05) is 11.1 Å². The van der Waals surface area contributed by atoms with Crippen molar-refractivity contribution in [3.8, 4) is 5.75 Å². The second-order valence-corrected chi connectivity index (χ2v) is 6.97. The molecule has 0 aromatic heterocycles. The molecule has 0 aliphatic heterocycles. The smallest absolute Gasteiger partial charge is 0.429 e. The highest BCUT2D eigenvalue weighted by atomic mass is 35.6. The fraction of sp³-hybridized carbons (Fsp3) is 0.214. The number of carbonyl (C=O) groups excluding carboxylic acids is 3. The third-order valence-corrected chi connectivity index (χ3v) is 3.10. The maximum Gasteiger partial charge on any atom is 0.514 e. The summed E-state index contributed by atoms with van der Waals surface area (Å²) in [5.74, 6) is -0.833. The number of alkyl halides is 3. The Kier molecular flexibility index (Phi) is 4.80. The molecular formula is C14H9Cl3O5. The third-order valence-electron chi connectivity index (χ3n) is 2.77. The highest BCUT2D eigenvalue weighted by Gasteiger charge is 2.28. The van der Waals surface area contributed by atoms with Crippen molar-refractivity contribution in [3.05, 3.63) is 41.0 Å². The van der Waals surface area contributed by atoms with Crippen molar-refractivity contribution in [3.63, 3.8) is 0 Å². The Morgan fingerprint density at radius 3 is 2.55 bits per heavy atom. The molecule has 8 heteroatoms. The number of ketones is 2. The summed E-state index contributed by atoms with van der Waals surface area (Å²) in [6, 6.07) is 4.33. The largest absolute Gasteiger partial charge is 0.514 e. The summed E-state index contributed by atoms with van der Waals surface area (Å²) in [5.41, 5.74) is 0.481. The average molecular weight is 364 g/mol. The molecule has 1 aliphatic carbocycles. The first kappa shape index (κ1) is 16.8. The summed E-state index contributed by atoms with van der Waals surface area (Å²) in [6.07, 6.45) is 0.0377. The number of hydrogen-bond acceptors (Lipinski definition) is 5. The van der Waals surface area contributed by atoms with Gasteiger partial charge in [-0.25, -0.2) is 4.79 Å². The SMILES string of the molecule is CC1=CC(=O)c2c(OC(=O)OCC(Cl)(Cl)Cl)cccc2C1=O. The van der Waals surface area contributed by atoms with Crippen LogP contribution in [0.25, 0.3) is 0 Å². The van der Waals surface area contributed by atoms with E-state index in [9.17, 15) is 14.4 Å². The number of benzene rings is 1. The molecule has 0 amide bonds. The van der Waals surface area contributed by atoms with Gasteiger partial charge in [-0.15, -0.1) is 0 Å². The molecule has 0 bridgehead atoms. The van der Waals surface area contributed by atoms with Crippen LogP contribution in [0.5, 0.6) is 5.75 Å². The standard InChI is InChI=1S/C14H9Cl3O5/c1-7-5-9(18)11-8(12(7)19)3-2-4-10(11)22-13(20)21-6-14(15,16)17/h2-5H,6H2,1H3. The summed E-state index contributed by atoms with van der Waals surface area (Å²) in [6.45, 7) is 1.02. The van der Waals surface area contributed by atoms with E-state index < -0.39 is 22.3 Å². The van der Waals surface area contributed by atoms with Crippen molar-refractivity contribution in [2.75, 3.05) is 6.61 Å². The summed E-state index contributed by atoms with van der Waals surface area (Å²) >= 11 is 16.3. The molecule has 1 aromatic rings. The zero-order valence-electron chi connectivity index (χ0n) is 11.2. The van der Waals surface area contributed by atoms with Crippen LogP contribution in [0.3, 0.4) is 0 Å². The highest BCUT2D eigenvalue weighted by Crippen LogP contribution is 2.30. The zero-order chi connectivity index (χ0) is 16.5. The first-order valence-electron chi connectivity index (χ1n) is 6.01. The van der Waals surface area contributed by atoms with E-state index in [4.69, 9.17) is 39.5 Å². The first-order chi connectivity index (χ1) is 10.2. The molecule has 0 atom stereocenters. The zero-order valence-corrected chi connectivity index (χ0v) is 13.5. The number of hydrogen-bond donors (Lipinski definition) is 0. The van der Waals surface area contributed by atoms with E-state index in [0.29, 0.717) is 5.57 Å². The lowest BCUT2D eigenvalue weighted by atomic mass is 9.90. The molecule has 0 saturated heterocycles. The summed E-state index contributed by atoms with van der Waals surface area (Å²) in [7, 11) is 0. The van der Waals surface area contributed by atoms with E-state index in [1.54, 1.807) is 0 Å². The fourth-order valence-corrected chi connectivity index (χ4v) is 2.03. The highest BCUT2D eigenvalue weighted by molar-refractivity contribution is 6.67. The number of allylic oxidation sites excluding steroid dienone is 2.